The van der Waals surface area contributed by atoms with Gasteiger partial charge in [-0.1, -0.05) is 0 Å². The second kappa shape index (κ2) is 8.14. The number of hydrogen-bond acceptors (Lipinski definition) is 5. The highest BCUT2D eigenvalue weighted by molar-refractivity contribution is 6.05. The van der Waals surface area contributed by atoms with Gasteiger partial charge in [0.15, 0.2) is 0 Å². The first-order valence-corrected chi connectivity index (χ1v) is 9.55. The molecular weight excluding hydrogens is 370 g/mol. The van der Waals surface area contributed by atoms with Gasteiger partial charge in [0.1, 0.15) is 5.69 Å². The number of carbonyl (C=O) groups excluding carboxylic acids is 1. The monoisotopic (exact) mass is 391 g/mol. The molecule has 29 heavy (non-hydrogen) atoms. The number of anilines is 2. The largest absolute Gasteiger partial charge is 0.372 e. The van der Waals surface area contributed by atoms with Crippen LogP contribution in [0.25, 0.3) is 5.69 Å². The Labute approximate surface area is 167 Å². The molecule has 1 aliphatic heterocycles. The lowest BCUT2D eigenvalue weighted by molar-refractivity contribution is -0.384. The second-order valence-electron chi connectivity index (χ2n) is 6.98. The molecule has 1 aromatic heterocycles. The van der Waals surface area contributed by atoms with Crippen LogP contribution < -0.4 is 10.2 Å². The van der Waals surface area contributed by atoms with Crippen LogP contribution in [0.1, 0.15) is 29.6 Å². The molecule has 8 nitrogen and oxygen atoms in total. The third kappa shape index (κ3) is 4.11. The summed E-state index contributed by atoms with van der Waals surface area (Å²) >= 11 is 0. The Morgan fingerprint density at radius 1 is 1.07 bits per heavy atom. The summed E-state index contributed by atoms with van der Waals surface area (Å²) in [6, 6.07) is 12.1. The summed E-state index contributed by atoms with van der Waals surface area (Å²) in [6.45, 7) is 2.11. The van der Waals surface area contributed by atoms with Crippen molar-refractivity contribution in [3.05, 3.63) is 76.9 Å². The number of nitro benzene ring substituents is 1. The maximum atomic E-state index is 12.6. The molecule has 0 unspecified atom stereocenters. The van der Waals surface area contributed by atoms with Crippen LogP contribution >= 0.6 is 0 Å². The molecule has 3 aromatic rings. The van der Waals surface area contributed by atoms with E-state index in [1.54, 1.807) is 22.9 Å². The Morgan fingerprint density at radius 2 is 1.83 bits per heavy atom. The summed E-state index contributed by atoms with van der Waals surface area (Å²) in [4.78, 5) is 29.8. The van der Waals surface area contributed by atoms with Gasteiger partial charge in [-0.2, -0.15) is 0 Å². The van der Waals surface area contributed by atoms with E-state index in [9.17, 15) is 14.9 Å². The van der Waals surface area contributed by atoms with E-state index in [1.165, 1.54) is 37.9 Å². The Balaban J connectivity index is 1.51. The zero-order valence-electron chi connectivity index (χ0n) is 15.8. The van der Waals surface area contributed by atoms with Crippen molar-refractivity contribution in [2.75, 3.05) is 23.3 Å². The first-order valence-electron chi connectivity index (χ1n) is 9.55. The van der Waals surface area contributed by atoms with E-state index in [4.69, 9.17) is 0 Å². The van der Waals surface area contributed by atoms with Gasteiger partial charge in [0.05, 0.1) is 11.3 Å². The normalized spacial score (nSPS) is 13.9. The Bertz CT molecular complexity index is 1010. The molecule has 4 rings (SSSR count). The molecule has 0 bridgehead atoms. The smallest absolute Gasteiger partial charge is 0.294 e. The number of imidazole rings is 1. The van der Waals surface area contributed by atoms with Crippen molar-refractivity contribution in [3.8, 4) is 5.69 Å². The SMILES string of the molecule is O=C(Nc1ccc(N2CCCCC2)cc1)c1ccc(-n2ccnc2)c([N+](=O)[O-])c1. The quantitative estimate of drug-likeness (QED) is 0.524. The molecule has 0 spiro atoms. The number of amides is 1. The lowest BCUT2D eigenvalue weighted by Gasteiger charge is -2.28. The predicted molar refractivity (Wildman–Crippen MR) is 111 cm³/mol. The summed E-state index contributed by atoms with van der Waals surface area (Å²) in [5, 5.41) is 14.3. The molecule has 1 aliphatic rings. The van der Waals surface area contributed by atoms with Crippen LogP contribution in [0.2, 0.25) is 0 Å². The fourth-order valence-electron chi connectivity index (χ4n) is 3.54. The van der Waals surface area contributed by atoms with E-state index >= 15 is 0 Å². The number of benzene rings is 2. The van der Waals surface area contributed by atoms with Crippen molar-refractivity contribution >= 4 is 23.0 Å². The van der Waals surface area contributed by atoms with Gasteiger partial charge in [0.2, 0.25) is 0 Å². The molecule has 8 heteroatoms. The van der Waals surface area contributed by atoms with E-state index in [1.807, 2.05) is 24.3 Å². The third-order valence-electron chi connectivity index (χ3n) is 5.06. The van der Waals surface area contributed by atoms with Crippen LogP contribution in [0.3, 0.4) is 0 Å². The summed E-state index contributed by atoms with van der Waals surface area (Å²) in [5.74, 6) is -0.393. The van der Waals surface area contributed by atoms with Crippen molar-refractivity contribution in [1.82, 2.24) is 9.55 Å². The molecule has 2 heterocycles. The molecule has 1 amide bonds. The van der Waals surface area contributed by atoms with E-state index in [0.717, 1.165) is 18.8 Å². The number of hydrogen-bond donors (Lipinski definition) is 1. The number of carbonyl (C=O) groups is 1. The number of rotatable bonds is 5. The minimum absolute atomic E-state index is 0.156. The Kier molecular flexibility index (Phi) is 5.24. The highest BCUT2D eigenvalue weighted by Gasteiger charge is 2.19. The zero-order valence-corrected chi connectivity index (χ0v) is 15.8. The maximum Gasteiger partial charge on any atom is 0.294 e. The van der Waals surface area contributed by atoms with Crippen LogP contribution in [-0.2, 0) is 0 Å². The fourth-order valence-corrected chi connectivity index (χ4v) is 3.54. The summed E-state index contributed by atoms with van der Waals surface area (Å²) in [7, 11) is 0. The molecule has 1 N–H and O–H groups in total. The van der Waals surface area contributed by atoms with Gasteiger partial charge >= 0.3 is 0 Å². The van der Waals surface area contributed by atoms with Gasteiger partial charge < -0.3 is 14.8 Å². The van der Waals surface area contributed by atoms with Gasteiger partial charge in [0.25, 0.3) is 11.6 Å². The minimum atomic E-state index is -0.500. The Hall–Kier alpha value is -3.68. The zero-order chi connectivity index (χ0) is 20.2. The molecule has 0 saturated carbocycles. The average molecular weight is 391 g/mol. The summed E-state index contributed by atoms with van der Waals surface area (Å²) < 4.78 is 1.54. The maximum absolute atomic E-state index is 12.6. The van der Waals surface area contributed by atoms with Crippen LogP contribution in [0.4, 0.5) is 17.1 Å². The topological polar surface area (TPSA) is 93.3 Å². The first-order chi connectivity index (χ1) is 14.1. The van der Waals surface area contributed by atoms with Gasteiger partial charge in [-0.05, 0) is 55.7 Å². The minimum Gasteiger partial charge on any atom is -0.372 e. The highest BCUT2D eigenvalue weighted by atomic mass is 16.6. The molecule has 0 atom stereocenters. The van der Waals surface area contributed by atoms with Crippen LogP contribution in [0, 0.1) is 10.1 Å². The van der Waals surface area contributed by atoms with Crippen LogP contribution in [0.5, 0.6) is 0 Å². The second-order valence-corrected chi connectivity index (χ2v) is 6.98. The number of nitro groups is 1. The van der Waals surface area contributed by atoms with E-state index in [-0.39, 0.29) is 11.3 Å². The van der Waals surface area contributed by atoms with Gasteiger partial charge in [-0.25, -0.2) is 4.98 Å². The van der Waals surface area contributed by atoms with E-state index in [0.29, 0.717) is 11.4 Å². The molecular formula is C21H21N5O3. The lowest BCUT2D eigenvalue weighted by atomic mass is 10.1. The first kappa shape index (κ1) is 18.7. The number of nitrogens with one attached hydrogen (secondary N) is 1. The molecule has 148 valence electrons. The molecule has 0 radical (unpaired) electrons. The fraction of sp³-hybridized carbons (Fsp3) is 0.238. The van der Waals surface area contributed by atoms with Crippen molar-refractivity contribution in [1.29, 1.82) is 0 Å². The summed E-state index contributed by atoms with van der Waals surface area (Å²) in [6.07, 6.45) is 8.31. The van der Waals surface area contributed by atoms with Gasteiger partial charge in [0, 0.05) is 48.5 Å². The molecule has 0 aliphatic carbocycles. The lowest BCUT2D eigenvalue weighted by Crippen LogP contribution is -2.29. The van der Waals surface area contributed by atoms with Crippen LogP contribution in [-0.4, -0.2) is 33.5 Å². The highest BCUT2D eigenvalue weighted by Crippen LogP contribution is 2.25. The predicted octanol–water partition coefficient (Wildman–Crippen LogP) is 4.02. The van der Waals surface area contributed by atoms with E-state index in [2.05, 4.69) is 15.2 Å². The van der Waals surface area contributed by atoms with Crippen LogP contribution in [0.15, 0.2) is 61.2 Å². The summed E-state index contributed by atoms with van der Waals surface area (Å²) in [5.41, 5.74) is 2.21. The van der Waals surface area contributed by atoms with Crippen molar-refractivity contribution in [2.24, 2.45) is 0 Å². The number of piperidine rings is 1. The van der Waals surface area contributed by atoms with Crippen molar-refractivity contribution < 1.29 is 9.72 Å². The average Bonchev–Trinajstić information content (AvgIpc) is 3.29. The Morgan fingerprint density at radius 3 is 2.48 bits per heavy atom. The number of aromatic nitrogens is 2. The molecule has 1 saturated heterocycles. The van der Waals surface area contributed by atoms with Crippen molar-refractivity contribution in [3.63, 3.8) is 0 Å². The standard InChI is InChI=1S/C21H21N5O3/c27-21(23-17-5-7-18(8-6-17)24-11-2-1-3-12-24)16-4-9-19(20(14-16)26(28)29)25-13-10-22-15-25/h4-10,13-15H,1-3,11-12H2,(H,23,27). The van der Waals surface area contributed by atoms with Gasteiger partial charge in [-0.3, -0.25) is 14.9 Å². The third-order valence-corrected chi connectivity index (χ3v) is 5.06. The number of nitrogens with zero attached hydrogens (tertiary/aromatic N) is 4. The van der Waals surface area contributed by atoms with Gasteiger partial charge in [-0.15, -0.1) is 0 Å². The molecule has 1 fully saturated rings. The molecule has 2 aromatic carbocycles. The van der Waals surface area contributed by atoms with E-state index < -0.39 is 10.8 Å². The van der Waals surface area contributed by atoms with Crippen molar-refractivity contribution in [2.45, 2.75) is 19.3 Å².